The summed E-state index contributed by atoms with van der Waals surface area (Å²) < 4.78 is 0. The van der Waals surface area contributed by atoms with E-state index in [0.717, 1.165) is 0 Å². The zero-order chi connectivity index (χ0) is 13.6. The fraction of sp³-hybridized carbons (Fsp3) is 0.867. The van der Waals surface area contributed by atoms with Gasteiger partial charge in [-0.05, 0) is 37.5 Å². The van der Waals surface area contributed by atoms with Gasteiger partial charge in [-0.25, -0.2) is 0 Å². The summed E-state index contributed by atoms with van der Waals surface area (Å²) in [7, 11) is 0. The van der Waals surface area contributed by atoms with Gasteiger partial charge in [-0.3, -0.25) is 9.59 Å². The molecule has 4 heteroatoms. The first-order valence-corrected chi connectivity index (χ1v) is 7.61. The van der Waals surface area contributed by atoms with Gasteiger partial charge >= 0.3 is 5.97 Å². The summed E-state index contributed by atoms with van der Waals surface area (Å²) >= 11 is 0. The van der Waals surface area contributed by atoms with E-state index in [4.69, 9.17) is 0 Å². The Kier molecular flexibility index (Phi) is 3.06. The van der Waals surface area contributed by atoms with Crippen LogP contribution in [-0.4, -0.2) is 35.0 Å². The average molecular weight is 265 g/mol. The Hall–Kier alpha value is -1.06. The lowest BCUT2D eigenvalue weighted by Crippen LogP contribution is -2.37. The highest BCUT2D eigenvalue weighted by molar-refractivity contribution is 5.84. The number of hydrogen-bond acceptors (Lipinski definition) is 2. The Morgan fingerprint density at radius 2 is 1.89 bits per heavy atom. The smallest absolute Gasteiger partial charge is 0.311 e. The number of carbonyl (C=O) groups is 2. The Morgan fingerprint density at radius 1 is 1.26 bits per heavy atom. The van der Waals surface area contributed by atoms with Crippen LogP contribution in [-0.2, 0) is 9.59 Å². The van der Waals surface area contributed by atoms with Crippen LogP contribution in [0.1, 0.15) is 45.4 Å². The van der Waals surface area contributed by atoms with Crippen molar-refractivity contribution in [2.24, 2.45) is 23.2 Å². The molecular formula is C15H23NO3. The van der Waals surface area contributed by atoms with Gasteiger partial charge in [0.25, 0.3) is 0 Å². The van der Waals surface area contributed by atoms with Gasteiger partial charge in [0.2, 0.25) is 5.91 Å². The topological polar surface area (TPSA) is 57.6 Å². The quantitative estimate of drug-likeness (QED) is 0.850. The van der Waals surface area contributed by atoms with E-state index in [1.54, 1.807) is 0 Å². The summed E-state index contributed by atoms with van der Waals surface area (Å²) in [6.07, 6.45) is 6.16. The minimum absolute atomic E-state index is 0.226. The number of nitrogens with zero attached hydrogens (tertiary/aromatic N) is 1. The molecule has 1 saturated heterocycles. The number of amides is 1. The number of likely N-dealkylation sites (tertiary alicyclic amines) is 1. The molecule has 3 rings (SSSR count). The summed E-state index contributed by atoms with van der Waals surface area (Å²) in [4.78, 5) is 25.8. The van der Waals surface area contributed by atoms with Crippen LogP contribution in [0.3, 0.4) is 0 Å². The fourth-order valence-electron chi connectivity index (χ4n) is 4.24. The third kappa shape index (κ3) is 1.96. The lowest BCUT2D eigenvalue weighted by atomic mass is 9.84. The normalized spacial score (nSPS) is 40.9. The third-order valence-corrected chi connectivity index (χ3v) is 5.74. The second-order valence-electron chi connectivity index (χ2n) is 6.59. The molecule has 1 heterocycles. The molecule has 0 spiro atoms. The monoisotopic (exact) mass is 265 g/mol. The molecule has 0 aromatic carbocycles. The lowest BCUT2D eigenvalue weighted by Gasteiger charge is -2.23. The second kappa shape index (κ2) is 4.50. The molecule has 0 aromatic heterocycles. The number of rotatable bonds is 3. The van der Waals surface area contributed by atoms with Crippen LogP contribution in [0.15, 0.2) is 0 Å². The van der Waals surface area contributed by atoms with Gasteiger partial charge in [-0.1, -0.05) is 19.8 Å². The van der Waals surface area contributed by atoms with Gasteiger partial charge in [-0.15, -0.1) is 0 Å². The van der Waals surface area contributed by atoms with Gasteiger partial charge in [0.15, 0.2) is 0 Å². The first kappa shape index (κ1) is 12.9. The highest BCUT2D eigenvalue weighted by Crippen LogP contribution is 2.56. The van der Waals surface area contributed by atoms with E-state index < -0.39 is 11.4 Å². The van der Waals surface area contributed by atoms with Gasteiger partial charge in [0.05, 0.1) is 5.41 Å². The maximum Gasteiger partial charge on any atom is 0.311 e. The summed E-state index contributed by atoms with van der Waals surface area (Å²) in [5.74, 6) is 0.960. The maximum atomic E-state index is 12.5. The van der Waals surface area contributed by atoms with Crippen molar-refractivity contribution in [1.82, 2.24) is 4.90 Å². The van der Waals surface area contributed by atoms with Gasteiger partial charge in [0.1, 0.15) is 0 Å². The summed E-state index contributed by atoms with van der Waals surface area (Å²) in [6, 6.07) is 0. The Morgan fingerprint density at radius 3 is 2.37 bits per heavy atom. The number of carbonyl (C=O) groups excluding carboxylic acids is 1. The summed E-state index contributed by atoms with van der Waals surface area (Å²) in [5, 5.41) is 9.39. The van der Waals surface area contributed by atoms with Crippen molar-refractivity contribution < 1.29 is 14.7 Å². The van der Waals surface area contributed by atoms with E-state index in [0.29, 0.717) is 37.8 Å². The van der Waals surface area contributed by atoms with Crippen molar-refractivity contribution in [3.63, 3.8) is 0 Å². The third-order valence-electron chi connectivity index (χ3n) is 5.74. The van der Waals surface area contributed by atoms with Crippen molar-refractivity contribution in [3.05, 3.63) is 0 Å². The zero-order valence-corrected chi connectivity index (χ0v) is 11.6. The molecule has 19 heavy (non-hydrogen) atoms. The van der Waals surface area contributed by atoms with Crippen LogP contribution in [0.4, 0.5) is 0 Å². The minimum atomic E-state index is -0.737. The van der Waals surface area contributed by atoms with E-state index in [9.17, 15) is 14.7 Å². The molecule has 2 aliphatic carbocycles. The molecule has 1 amide bonds. The Balaban J connectivity index is 1.65. The Bertz CT molecular complexity index is 396. The molecule has 4 nitrogen and oxygen atoms in total. The summed E-state index contributed by atoms with van der Waals surface area (Å²) in [6.45, 7) is 2.97. The lowest BCUT2D eigenvalue weighted by molar-refractivity contribution is -0.148. The van der Waals surface area contributed by atoms with Gasteiger partial charge < -0.3 is 10.0 Å². The largest absolute Gasteiger partial charge is 0.481 e. The predicted octanol–water partition coefficient (Wildman–Crippen LogP) is 2.14. The van der Waals surface area contributed by atoms with Crippen LogP contribution in [0.2, 0.25) is 0 Å². The predicted molar refractivity (Wildman–Crippen MR) is 70.5 cm³/mol. The van der Waals surface area contributed by atoms with Crippen LogP contribution >= 0.6 is 0 Å². The molecule has 2 saturated carbocycles. The highest BCUT2D eigenvalue weighted by Gasteiger charge is 2.57. The van der Waals surface area contributed by atoms with Crippen LogP contribution in [0.25, 0.3) is 0 Å². The van der Waals surface area contributed by atoms with E-state index >= 15 is 0 Å². The van der Waals surface area contributed by atoms with Crippen molar-refractivity contribution in [2.45, 2.75) is 45.4 Å². The molecule has 106 valence electrons. The molecular weight excluding hydrogens is 242 g/mol. The van der Waals surface area contributed by atoms with E-state index in [2.05, 4.69) is 0 Å². The maximum absolute atomic E-state index is 12.5. The Labute approximate surface area is 114 Å². The number of fused-ring (bicyclic) bond motifs is 1. The summed E-state index contributed by atoms with van der Waals surface area (Å²) in [5.41, 5.74) is -0.685. The highest BCUT2D eigenvalue weighted by atomic mass is 16.4. The van der Waals surface area contributed by atoms with Gasteiger partial charge in [-0.2, -0.15) is 0 Å². The van der Waals surface area contributed by atoms with Crippen molar-refractivity contribution in [1.29, 1.82) is 0 Å². The molecule has 3 atom stereocenters. The standard InChI is InChI=1S/C15H23NO3/c1-2-15(14(18)19)7-8-16(9-15)13(17)12-10-5-3-4-6-11(10)12/h10-12H,2-9H2,1H3,(H,18,19). The number of carboxylic acids is 1. The van der Waals surface area contributed by atoms with Crippen LogP contribution < -0.4 is 0 Å². The number of hydrogen-bond donors (Lipinski definition) is 1. The van der Waals surface area contributed by atoms with Crippen molar-refractivity contribution in [2.75, 3.05) is 13.1 Å². The average Bonchev–Trinajstić information content (AvgIpc) is 2.96. The fourth-order valence-corrected chi connectivity index (χ4v) is 4.24. The zero-order valence-electron chi connectivity index (χ0n) is 11.6. The van der Waals surface area contributed by atoms with Crippen LogP contribution in [0.5, 0.6) is 0 Å². The number of carboxylic acid groups (broad SMARTS) is 1. The van der Waals surface area contributed by atoms with Crippen molar-refractivity contribution >= 4 is 11.9 Å². The molecule has 1 N–H and O–H groups in total. The molecule has 3 fully saturated rings. The molecule has 0 aromatic rings. The minimum Gasteiger partial charge on any atom is -0.481 e. The first-order valence-electron chi connectivity index (χ1n) is 7.61. The molecule has 0 bridgehead atoms. The first-order chi connectivity index (χ1) is 9.09. The molecule has 0 radical (unpaired) electrons. The molecule has 3 aliphatic rings. The van der Waals surface area contributed by atoms with E-state index in [-0.39, 0.29) is 11.8 Å². The van der Waals surface area contributed by atoms with Crippen molar-refractivity contribution in [3.8, 4) is 0 Å². The van der Waals surface area contributed by atoms with Crippen LogP contribution in [0, 0.1) is 23.2 Å². The number of aliphatic carboxylic acids is 1. The molecule has 1 aliphatic heterocycles. The SMILES string of the molecule is CCC1(C(=O)O)CCN(C(=O)C2C3CCCCC32)C1. The second-order valence-corrected chi connectivity index (χ2v) is 6.59. The molecule has 3 unspecified atom stereocenters. The van der Waals surface area contributed by atoms with E-state index in [1.165, 1.54) is 25.7 Å². The van der Waals surface area contributed by atoms with E-state index in [1.807, 2.05) is 11.8 Å². The van der Waals surface area contributed by atoms with Gasteiger partial charge in [0, 0.05) is 19.0 Å².